The van der Waals surface area contributed by atoms with Crippen LogP contribution in [0.25, 0.3) is 90.9 Å². The first-order valence-electron chi connectivity index (χ1n) is 26.0. The lowest BCUT2D eigenvalue weighted by Gasteiger charge is -2.19. The summed E-state index contributed by atoms with van der Waals surface area (Å²) in [4.78, 5) is 52.5. The number of aromatic amines is 2. The summed E-state index contributed by atoms with van der Waals surface area (Å²) in [5.74, 6) is -0.247. The summed E-state index contributed by atoms with van der Waals surface area (Å²) in [5.41, 5.74) is 17.0. The fourth-order valence-electron chi connectivity index (χ4n) is 11.1. The van der Waals surface area contributed by atoms with Crippen LogP contribution in [0.4, 0.5) is 11.4 Å². The Morgan fingerprint density at radius 1 is 0.408 bits per heavy atom. The maximum absolute atomic E-state index is 14.7. The second kappa shape index (κ2) is 19.6. The highest BCUT2D eigenvalue weighted by Gasteiger charge is 2.45. The van der Waals surface area contributed by atoms with Crippen LogP contribution in [0.15, 0.2) is 194 Å². The smallest absolute Gasteiger partial charge is 0.243 e. The fraction of sp³-hybridized carbons (Fsp3) is 0.121. The predicted octanol–water partition coefficient (Wildman–Crippen LogP) is 14.1. The van der Waals surface area contributed by atoms with Gasteiger partial charge in [-0.15, -0.1) is 0 Å². The number of fused-ring (bicyclic) bond motifs is 8. The summed E-state index contributed by atoms with van der Waals surface area (Å²) in [7, 11) is 0. The van der Waals surface area contributed by atoms with Crippen LogP contribution in [0.1, 0.15) is 59.8 Å². The summed E-state index contributed by atoms with van der Waals surface area (Å²) >= 11 is 0. The lowest BCUT2D eigenvalue weighted by atomic mass is 9.98. The van der Waals surface area contributed by atoms with Crippen molar-refractivity contribution in [3.05, 3.63) is 228 Å². The third-order valence-electron chi connectivity index (χ3n) is 15.2. The van der Waals surface area contributed by atoms with Crippen molar-refractivity contribution in [1.29, 1.82) is 0 Å². The summed E-state index contributed by atoms with van der Waals surface area (Å²) in [6.07, 6.45) is 8.30. The highest BCUT2D eigenvalue weighted by Crippen LogP contribution is 2.44. The van der Waals surface area contributed by atoms with E-state index in [0.29, 0.717) is 41.3 Å². The largest absolute Gasteiger partial charge is 0.354 e. The van der Waals surface area contributed by atoms with Crippen LogP contribution in [0.2, 0.25) is 0 Å². The zero-order valence-corrected chi connectivity index (χ0v) is 42.1. The van der Waals surface area contributed by atoms with Crippen molar-refractivity contribution in [2.45, 2.75) is 38.0 Å². The van der Waals surface area contributed by atoms with Crippen LogP contribution in [-0.4, -0.2) is 66.7 Å². The number of carbonyl (C=O) groups excluding carboxylic acids is 2. The van der Waals surface area contributed by atoms with E-state index < -0.39 is 0 Å². The number of hydrogen-bond acceptors (Lipinski definition) is 6. The minimum absolute atomic E-state index is 0.0465. The molecule has 0 radical (unpaired) electrons. The van der Waals surface area contributed by atoms with Crippen molar-refractivity contribution in [3.8, 4) is 44.5 Å². The van der Waals surface area contributed by atoms with E-state index in [4.69, 9.17) is 9.97 Å². The molecule has 10 heteroatoms. The van der Waals surface area contributed by atoms with Crippen LogP contribution < -0.4 is 10.6 Å². The third kappa shape index (κ3) is 8.83. The molecule has 4 aliphatic rings. The fourth-order valence-corrected chi connectivity index (χ4v) is 11.1. The van der Waals surface area contributed by atoms with Crippen molar-refractivity contribution in [1.82, 2.24) is 29.7 Å². The van der Waals surface area contributed by atoms with Gasteiger partial charge in [-0.1, -0.05) is 158 Å². The maximum atomic E-state index is 14.7. The van der Waals surface area contributed by atoms with Crippen LogP contribution >= 0.6 is 0 Å². The first kappa shape index (κ1) is 46.6. The normalized spacial score (nSPS) is 17.9. The van der Waals surface area contributed by atoms with Gasteiger partial charge in [-0.25, -0.2) is 9.97 Å². The molecule has 370 valence electrons. The van der Waals surface area contributed by atoms with E-state index >= 15 is 0 Å². The molecule has 4 N–H and O–H groups in total. The average Bonchev–Trinajstić information content (AvgIpc) is 4.11. The van der Waals surface area contributed by atoms with Gasteiger partial charge >= 0.3 is 0 Å². The Labute approximate surface area is 441 Å². The minimum Gasteiger partial charge on any atom is -0.354 e. The number of carbonyl (C=O) groups is 2. The summed E-state index contributed by atoms with van der Waals surface area (Å²) in [5, 5.41) is 6.78. The second-order valence-electron chi connectivity index (χ2n) is 19.9. The summed E-state index contributed by atoms with van der Waals surface area (Å²) in [6.45, 7) is 5.52. The first-order valence-corrected chi connectivity index (χ1v) is 26.0. The molecule has 3 aromatic heterocycles. The molecule has 2 amide bonds. The lowest BCUT2D eigenvalue weighted by molar-refractivity contribution is -0.117. The van der Waals surface area contributed by atoms with Gasteiger partial charge in [0.05, 0.1) is 34.2 Å². The quantitative estimate of drug-likeness (QED) is 0.0905. The molecule has 6 atom stereocenters. The van der Waals surface area contributed by atoms with E-state index in [-0.39, 0.29) is 36.0 Å². The Morgan fingerprint density at radius 2 is 0.724 bits per heavy atom. The Balaban J connectivity index is 1.05. The standard InChI is InChI=1S/C66H54N8O2/c1-41(43-19-8-3-9-20-43)73-39-58(73)65(75)71-48-29-18-30-49(72-66(76)59-40-74(59)42(2)44-21-10-4-11-22-44)63(48)64-56-37-35-54(69-56)61(46-25-14-6-15-26-46)52-33-31-50(67-52)60(45-23-12-5-13-24-45)51-32-34-53(68-51)62(47-27-16-7-17-28-47)55-36-38-57(64)70-55/h3-38,41-42,58-59,67,70H,39-40H2,1-2H3,(H,71,75)(H,72,76)/t41-,42+,58-,59+,73?,74?. The number of nitrogens with one attached hydrogen (secondary N) is 4. The molecule has 6 aromatic carbocycles. The minimum atomic E-state index is -0.345. The van der Waals surface area contributed by atoms with Gasteiger partial charge in [-0.05, 0) is 102 Å². The molecule has 2 saturated heterocycles. The molecule has 9 aromatic rings. The van der Waals surface area contributed by atoms with Crippen LogP contribution in [0, 0.1) is 0 Å². The van der Waals surface area contributed by atoms with Gasteiger partial charge in [0.1, 0.15) is 12.1 Å². The van der Waals surface area contributed by atoms with Gasteiger partial charge in [0.2, 0.25) is 11.8 Å². The van der Waals surface area contributed by atoms with E-state index in [1.807, 2.05) is 103 Å². The van der Waals surface area contributed by atoms with E-state index in [2.05, 4.69) is 160 Å². The van der Waals surface area contributed by atoms with Crippen molar-refractivity contribution >= 4 is 69.6 Å². The van der Waals surface area contributed by atoms with Gasteiger partial charge in [-0.3, -0.25) is 19.4 Å². The van der Waals surface area contributed by atoms with Gasteiger partial charge in [0, 0.05) is 75.1 Å². The van der Waals surface area contributed by atoms with E-state index in [1.54, 1.807) is 0 Å². The van der Waals surface area contributed by atoms with Crippen LogP contribution in [0.5, 0.6) is 0 Å². The number of nitrogens with zero attached hydrogens (tertiary/aromatic N) is 4. The molecule has 2 unspecified atom stereocenters. The molecule has 13 rings (SSSR count). The molecule has 7 heterocycles. The molecule has 0 spiro atoms. The second-order valence-corrected chi connectivity index (χ2v) is 19.9. The molecule has 2 fully saturated rings. The average molecular weight is 991 g/mol. The first-order chi connectivity index (χ1) is 37.3. The molecular weight excluding hydrogens is 937 g/mol. The Bertz CT molecular complexity index is 3800. The van der Waals surface area contributed by atoms with Crippen molar-refractivity contribution in [2.75, 3.05) is 23.7 Å². The number of amides is 2. The van der Waals surface area contributed by atoms with Crippen molar-refractivity contribution in [2.24, 2.45) is 0 Å². The van der Waals surface area contributed by atoms with E-state index in [9.17, 15) is 9.59 Å². The van der Waals surface area contributed by atoms with E-state index in [1.165, 1.54) is 0 Å². The molecule has 10 nitrogen and oxygen atoms in total. The Morgan fingerprint density at radius 3 is 1.08 bits per heavy atom. The number of rotatable bonds is 12. The van der Waals surface area contributed by atoms with Crippen LogP contribution in [-0.2, 0) is 9.59 Å². The van der Waals surface area contributed by atoms with Gasteiger partial charge in [-0.2, -0.15) is 0 Å². The highest BCUT2D eigenvalue weighted by atomic mass is 16.2. The number of H-pyrrole nitrogens is 2. The summed E-state index contributed by atoms with van der Waals surface area (Å²) in [6, 6.07) is 65.2. The molecule has 76 heavy (non-hydrogen) atoms. The molecule has 4 aliphatic heterocycles. The van der Waals surface area contributed by atoms with Gasteiger partial charge in [0.15, 0.2) is 0 Å². The topological polar surface area (TPSA) is 122 Å². The summed E-state index contributed by atoms with van der Waals surface area (Å²) < 4.78 is 0. The monoisotopic (exact) mass is 990 g/mol. The number of hydrogen-bond donors (Lipinski definition) is 4. The predicted molar refractivity (Wildman–Crippen MR) is 309 cm³/mol. The van der Waals surface area contributed by atoms with Gasteiger partial charge < -0.3 is 20.6 Å². The number of aromatic nitrogens is 4. The zero-order valence-electron chi connectivity index (χ0n) is 42.1. The third-order valence-corrected chi connectivity index (χ3v) is 15.2. The molecule has 8 bridgehead atoms. The molecule has 0 aliphatic carbocycles. The molecular formula is C66H54N8O2. The van der Waals surface area contributed by atoms with Crippen LogP contribution in [0.3, 0.4) is 0 Å². The van der Waals surface area contributed by atoms with E-state index in [0.717, 1.165) is 83.7 Å². The molecule has 0 saturated carbocycles. The Hall–Kier alpha value is -9.22. The zero-order chi connectivity index (χ0) is 51.3. The number of anilines is 2. The number of benzene rings is 6. The lowest BCUT2D eigenvalue weighted by Crippen LogP contribution is -2.25. The van der Waals surface area contributed by atoms with Crippen molar-refractivity contribution < 1.29 is 9.59 Å². The SMILES string of the molecule is C[C@H](c1ccccc1)N1C[C@@H]1C(=O)Nc1cccc(NC(=O)[C@@H]2CN2[C@@H](C)c2ccccc2)c1-c1c2nc(c(-c3ccccc3)c3ccc([nH]3)c(-c3ccccc3)c3nc(c(-c4ccccc4)c4ccc1[nH]4)C=C3)C=C2. The van der Waals surface area contributed by atoms with Gasteiger partial charge in [0.25, 0.3) is 0 Å². The highest BCUT2D eigenvalue weighted by molar-refractivity contribution is 6.10. The Kier molecular flexibility index (Phi) is 12.0. The maximum Gasteiger partial charge on any atom is 0.243 e. The van der Waals surface area contributed by atoms with Crippen molar-refractivity contribution in [3.63, 3.8) is 0 Å².